The van der Waals surface area contributed by atoms with Crippen molar-refractivity contribution < 1.29 is 35.2 Å². The van der Waals surface area contributed by atoms with Crippen LogP contribution in [0.2, 0.25) is 0 Å². The summed E-state index contributed by atoms with van der Waals surface area (Å²) in [7, 11) is -3.95. The normalized spacial score (nSPS) is 19.1. The fraction of sp³-hybridized carbons (Fsp3) is 0.550. The van der Waals surface area contributed by atoms with Crippen molar-refractivity contribution in [2.75, 3.05) is 37.3 Å². The molecule has 2 aliphatic rings. The van der Waals surface area contributed by atoms with E-state index in [2.05, 4.69) is 9.36 Å². The molecule has 0 spiro atoms. The number of carbonyl (C=O) groups is 1. The Morgan fingerprint density at radius 3 is 2.31 bits per heavy atom. The van der Waals surface area contributed by atoms with Crippen LogP contribution in [0.5, 0.6) is 0 Å². The highest BCUT2D eigenvalue weighted by Gasteiger charge is 2.40. The van der Waals surface area contributed by atoms with Gasteiger partial charge in [-0.25, -0.2) is 22.0 Å². The molecule has 1 aromatic carbocycles. The maximum Gasteiger partial charge on any atom is 0.452 e. The zero-order chi connectivity index (χ0) is 25.7. The van der Waals surface area contributed by atoms with Gasteiger partial charge in [0.1, 0.15) is 16.5 Å². The average Bonchev–Trinajstić information content (AvgIpc) is 3.41. The maximum atomic E-state index is 14.7. The first kappa shape index (κ1) is 25.5. The Morgan fingerprint density at radius 2 is 1.74 bits per heavy atom. The minimum Gasteiger partial charge on any atom is -0.347 e. The highest BCUT2D eigenvalue weighted by atomic mass is 32.2. The quantitative estimate of drug-likeness (QED) is 0.539. The second-order valence-electron chi connectivity index (χ2n) is 8.54. The summed E-state index contributed by atoms with van der Waals surface area (Å²) >= 11 is 0.676. The molecular weight excluding hydrogens is 517 g/mol. The minimum absolute atomic E-state index is 0.128. The van der Waals surface area contributed by atoms with E-state index in [1.165, 1.54) is 11.8 Å². The molecule has 2 aliphatic heterocycles. The summed E-state index contributed by atoms with van der Waals surface area (Å²) in [6.07, 6.45) is -2.83. The summed E-state index contributed by atoms with van der Waals surface area (Å²) in [6, 6.07) is 0.0702. The first-order valence-electron chi connectivity index (χ1n) is 10.7. The van der Waals surface area contributed by atoms with Gasteiger partial charge in [-0.2, -0.15) is 22.5 Å². The molecule has 0 saturated carbocycles. The molecule has 2 amide bonds. The minimum atomic E-state index is -4.61. The zero-order valence-corrected chi connectivity index (χ0v) is 20.4. The number of alkyl halides is 3. The molecule has 1 atom stereocenters. The molecule has 4 rings (SSSR count). The van der Waals surface area contributed by atoms with E-state index in [1.54, 1.807) is 9.80 Å². The van der Waals surface area contributed by atoms with Crippen LogP contribution in [0.1, 0.15) is 37.2 Å². The number of sulfone groups is 1. The predicted octanol–water partition coefficient (Wildman–Crippen LogP) is 3.71. The number of rotatable bonds is 5. The van der Waals surface area contributed by atoms with Gasteiger partial charge >= 0.3 is 12.2 Å². The highest BCUT2D eigenvalue weighted by Crippen LogP contribution is 2.34. The molecule has 0 bridgehead atoms. The van der Waals surface area contributed by atoms with Crippen LogP contribution in [0.15, 0.2) is 17.0 Å². The van der Waals surface area contributed by atoms with Crippen LogP contribution in [0.4, 0.5) is 31.9 Å². The molecule has 0 radical (unpaired) electrons. The molecule has 8 nitrogen and oxygen atoms in total. The van der Waals surface area contributed by atoms with Gasteiger partial charge in [0.25, 0.3) is 0 Å². The van der Waals surface area contributed by atoms with Crippen molar-refractivity contribution in [3.8, 4) is 0 Å². The van der Waals surface area contributed by atoms with E-state index in [4.69, 9.17) is 0 Å². The molecule has 2 fully saturated rings. The number of nitrogens with zero attached hydrogens (tertiary/aromatic N) is 5. The number of piperidine rings is 1. The topological polar surface area (TPSA) is 86.7 Å². The molecular formula is C20H22F5N5O3S2. The van der Waals surface area contributed by atoms with Crippen molar-refractivity contribution >= 4 is 32.5 Å². The Hall–Kier alpha value is -2.55. The second kappa shape index (κ2) is 9.15. The Bertz CT molecular complexity index is 1230. The molecule has 1 aromatic heterocycles. The fourth-order valence-electron chi connectivity index (χ4n) is 4.41. The Morgan fingerprint density at radius 1 is 1.09 bits per heavy atom. The number of benzene rings is 1. The first-order valence-corrected chi connectivity index (χ1v) is 13.4. The molecule has 35 heavy (non-hydrogen) atoms. The standard InChI is InChI=1S/C20H22F5N5O3S2/c1-11(13-9-15(22)16(10-14(13)21)35(2,32)33)29-7-8-30(19(29)31)12-3-5-28(6-4-12)18-26-17(27-34-18)20(23,24)25/h9-12H,3-8H2,1-2H3. The predicted molar refractivity (Wildman–Crippen MR) is 117 cm³/mol. The number of hydrogen-bond donors (Lipinski definition) is 0. The third-order valence-corrected chi connectivity index (χ3v) is 8.17. The number of carbonyl (C=O) groups excluding carboxylic acids is 1. The van der Waals surface area contributed by atoms with E-state index in [0.29, 0.717) is 50.1 Å². The van der Waals surface area contributed by atoms with Crippen LogP contribution in [0.3, 0.4) is 0 Å². The molecule has 0 N–H and O–H groups in total. The lowest BCUT2D eigenvalue weighted by molar-refractivity contribution is -0.144. The van der Waals surface area contributed by atoms with Crippen molar-refractivity contribution in [2.45, 2.75) is 42.9 Å². The Kier molecular flexibility index (Phi) is 6.68. The smallest absolute Gasteiger partial charge is 0.347 e. The number of hydrogen-bond acceptors (Lipinski definition) is 7. The molecule has 2 aromatic rings. The molecule has 15 heteroatoms. The van der Waals surface area contributed by atoms with Crippen LogP contribution in [0.25, 0.3) is 0 Å². The van der Waals surface area contributed by atoms with Crippen LogP contribution >= 0.6 is 11.5 Å². The van der Waals surface area contributed by atoms with Gasteiger partial charge in [0.05, 0.1) is 6.04 Å². The van der Waals surface area contributed by atoms with E-state index < -0.39 is 44.4 Å². The fourth-order valence-corrected chi connectivity index (χ4v) is 5.88. The SMILES string of the molecule is CC(c1cc(F)c(S(C)(=O)=O)cc1F)N1CCN(C2CCN(c3nc(C(F)(F)F)ns3)CC2)C1=O. The summed E-state index contributed by atoms with van der Waals surface area (Å²) in [5.74, 6) is -3.18. The molecule has 1 unspecified atom stereocenters. The summed E-state index contributed by atoms with van der Waals surface area (Å²) in [5, 5.41) is 0.175. The van der Waals surface area contributed by atoms with E-state index >= 15 is 0 Å². The zero-order valence-electron chi connectivity index (χ0n) is 18.7. The van der Waals surface area contributed by atoms with Gasteiger partial charge in [-0.05, 0) is 31.9 Å². The summed E-state index contributed by atoms with van der Waals surface area (Å²) < 4.78 is 93.9. The van der Waals surface area contributed by atoms with Crippen molar-refractivity contribution in [3.05, 3.63) is 35.2 Å². The number of aromatic nitrogens is 2. The third kappa shape index (κ3) is 5.06. The lowest BCUT2D eigenvalue weighted by Crippen LogP contribution is -2.46. The van der Waals surface area contributed by atoms with Gasteiger partial charge < -0.3 is 14.7 Å². The van der Waals surface area contributed by atoms with E-state index in [9.17, 15) is 35.2 Å². The van der Waals surface area contributed by atoms with E-state index in [1.807, 2.05) is 0 Å². The third-order valence-electron chi connectivity index (χ3n) is 6.29. The maximum absolute atomic E-state index is 14.7. The largest absolute Gasteiger partial charge is 0.452 e. The summed E-state index contributed by atoms with van der Waals surface area (Å²) in [4.78, 5) is 20.6. The van der Waals surface area contributed by atoms with Crippen LogP contribution < -0.4 is 4.90 Å². The van der Waals surface area contributed by atoms with E-state index in [0.717, 1.165) is 12.3 Å². The van der Waals surface area contributed by atoms with Gasteiger partial charge in [-0.1, -0.05) is 0 Å². The van der Waals surface area contributed by atoms with Crippen LogP contribution in [-0.2, 0) is 16.0 Å². The molecule has 2 saturated heterocycles. The molecule has 3 heterocycles. The van der Waals surface area contributed by atoms with Crippen molar-refractivity contribution in [2.24, 2.45) is 0 Å². The van der Waals surface area contributed by atoms with Crippen LogP contribution in [0, 0.1) is 11.6 Å². The first-order chi connectivity index (χ1) is 16.3. The Labute approximate surface area is 202 Å². The summed E-state index contributed by atoms with van der Waals surface area (Å²) in [5.41, 5.74) is -0.128. The molecule has 0 aliphatic carbocycles. The van der Waals surface area contributed by atoms with Gasteiger partial charge in [-0.15, -0.1) is 0 Å². The average molecular weight is 540 g/mol. The van der Waals surface area contributed by atoms with Gasteiger partial charge in [-0.3, -0.25) is 0 Å². The number of urea groups is 1. The Balaban J connectivity index is 1.41. The number of amides is 2. The van der Waals surface area contributed by atoms with Crippen LogP contribution in [-0.4, -0.2) is 72.1 Å². The van der Waals surface area contributed by atoms with Crippen molar-refractivity contribution in [3.63, 3.8) is 0 Å². The number of halogens is 5. The highest BCUT2D eigenvalue weighted by molar-refractivity contribution is 7.90. The van der Waals surface area contributed by atoms with E-state index in [-0.39, 0.29) is 29.3 Å². The second-order valence-corrected chi connectivity index (χ2v) is 11.3. The lowest BCUT2D eigenvalue weighted by atomic mass is 10.0. The van der Waals surface area contributed by atoms with Crippen molar-refractivity contribution in [1.82, 2.24) is 19.2 Å². The van der Waals surface area contributed by atoms with Gasteiger partial charge in [0, 0.05) is 55.6 Å². The molecule has 192 valence electrons. The monoisotopic (exact) mass is 539 g/mol. The van der Waals surface area contributed by atoms with Crippen molar-refractivity contribution in [1.29, 1.82) is 0 Å². The summed E-state index contributed by atoms with van der Waals surface area (Å²) in [6.45, 7) is 2.94. The lowest BCUT2D eigenvalue weighted by Gasteiger charge is -2.36. The van der Waals surface area contributed by atoms with Gasteiger partial charge in [0.15, 0.2) is 9.84 Å². The number of anilines is 1. The van der Waals surface area contributed by atoms with Gasteiger partial charge in [0.2, 0.25) is 11.0 Å².